The molecule has 3 nitrogen and oxygen atoms in total. The number of nitrogens with zero attached hydrogens (tertiary/aromatic N) is 3. The minimum Gasteiger partial charge on any atom is -0.328 e. The summed E-state index contributed by atoms with van der Waals surface area (Å²) < 4.78 is 3.46. The van der Waals surface area contributed by atoms with Gasteiger partial charge in [-0.05, 0) is 45.0 Å². The average molecular weight is 336 g/mol. The van der Waals surface area contributed by atoms with Crippen molar-refractivity contribution in [2.75, 3.05) is 13.6 Å². The highest BCUT2D eigenvalue weighted by Gasteiger charge is 2.22. The number of aromatic nitrogens is 2. The first-order chi connectivity index (χ1) is 9.69. The Kier molecular flexibility index (Phi) is 4.13. The molecule has 1 heterocycles. The molecule has 0 unspecified atom stereocenters. The smallest absolute Gasteiger partial charge is 0.111 e. The molecule has 0 aliphatic heterocycles. The van der Waals surface area contributed by atoms with E-state index < -0.39 is 0 Å². The molecule has 0 radical (unpaired) electrons. The van der Waals surface area contributed by atoms with Crippen LogP contribution in [0.25, 0.3) is 11.0 Å². The van der Waals surface area contributed by atoms with Gasteiger partial charge in [-0.2, -0.15) is 0 Å². The van der Waals surface area contributed by atoms with Crippen LogP contribution in [-0.2, 0) is 13.0 Å². The first-order valence-electron chi connectivity index (χ1n) is 7.54. The average Bonchev–Trinajstić information content (AvgIpc) is 2.71. The maximum atomic E-state index is 4.82. The number of imidazole rings is 1. The SMILES string of the molecule is CCn1c(CCN(C)C2CCC2)nc2ccc(Br)cc21. The first kappa shape index (κ1) is 14.1. The van der Waals surface area contributed by atoms with Gasteiger partial charge in [-0.1, -0.05) is 22.4 Å². The Morgan fingerprint density at radius 1 is 1.40 bits per heavy atom. The van der Waals surface area contributed by atoms with Gasteiger partial charge in [0.1, 0.15) is 5.82 Å². The number of fused-ring (bicyclic) bond motifs is 1. The van der Waals surface area contributed by atoms with Gasteiger partial charge in [0.2, 0.25) is 0 Å². The summed E-state index contributed by atoms with van der Waals surface area (Å²) in [5.74, 6) is 1.21. The van der Waals surface area contributed by atoms with Crippen LogP contribution in [0.1, 0.15) is 32.0 Å². The van der Waals surface area contributed by atoms with E-state index in [0.29, 0.717) is 0 Å². The van der Waals surface area contributed by atoms with Crippen molar-refractivity contribution < 1.29 is 0 Å². The number of halogens is 1. The molecule has 1 saturated carbocycles. The molecular weight excluding hydrogens is 314 g/mol. The lowest BCUT2D eigenvalue weighted by Crippen LogP contribution is -2.38. The Morgan fingerprint density at radius 3 is 2.85 bits per heavy atom. The van der Waals surface area contributed by atoms with Crippen LogP contribution in [-0.4, -0.2) is 34.1 Å². The van der Waals surface area contributed by atoms with Crippen LogP contribution in [0.2, 0.25) is 0 Å². The molecule has 0 amide bonds. The lowest BCUT2D eigenvalue weighted by Gasteiger charge is -2.34. The standard InChI is InChI=1S/C16H22BrN3/c1-3-20-15-11-12(17)7-8-14(15)18-16(20)9-10-19(2)13-5-4-6-13/h7-8,11,13H,3-6,9-10H2,1-2H3. The highest BCUT2D eigenvalue weighted by molar-refractivity contribution is 9.10. The van der Waals surface area contributed by atoms with Gasteiger partial charge in [-0.25, -0.2) is 4.98 Å². The van der Waals surface area contributed by atoms with Gasteiger partial charge in [0.05, 0.1) is 11.0 Å². The zero-order valence-corrected chi connectivity index (χ0v) is 13.9. The van der Waals surface area contributed by atoms with Crippen molar-refractivity contribution in [3.63, 3.8) is 0 Å². The van der Waals surface area contributed by atoms with Gasteiger partial charge in [0.25, 0.3) is 0 Å². The molecule has 2 aromatic rings. The summed E-state index contributed by atoms with van der Waals surface area (Å²) in [6, 6.07) is 7.15. The van der Waals surface area contributed by atoms with Crippen molar-refractivity contribution in [2.45, 2.75) is 45.2 Å². The molecule has 0 atom stereocenters. The zero-order chi connectivity index (χ0) is 14.1. The molecular formula is C16H22BrN3. The van der Waals surface area contributed by atoms with Crippen LogP contribution < -0.4 is 0 Å². The third-order valence-electron chi connectivity index (χ3n) is 4.49. The summed E-state index contributed by atoms with van der Waals surface area (Å²) >= 11 is 3.55. The van der Waals surface area contributed by atoms with Crippen molar-refractivity contribution in [3.05, 3.63) is 28.5 Å². The molecule has 1 aromatic carbocycles. The molecule has 108 valence electrons. The van der Waals surface area contributed by atoms with Crippen LogP contribution in [0.5, 0.6) is 0 Å². The fraction of sp³-hybridized carbons (Fsp3) is 0.562. The second-order valence-corrected chi connectivity index (χ2v) is 6.64. The number of hydrogen-bond donors (Lipinski definition) is 0. The van der Waals surface area contributed by atoms with E-state index in [1.54, 1.807) is 0 Å². The monoisotopic (exact) mass is 335 g/mol. The number of rotatable bonds is 5. The number of likely N-dealkylation sites (N-methyl/N-ethyl adjacent to an activating group) is 1. The fourth-order valence-corrected chi connectivity index (χ4v) is 3.32. The van der Waals surface area contributed by atoms with Crippen molar-refractivity contribution in [2.24, 2.45) is 0 Å². The van der Waals surface area contributed by atoms with Crippen molar-refractivity contribution in [1.82, 2.24) is 14.5 Å². The molecule has 0 spiro atoms. The maximum Gasteiger partial charge on any atom is 0.111 e. The lowest BCUT2D eigenvalue weighted by atomic mass is 9.92. The highest BCUT2D eigenvalue weighted by atomic mass is 79.9. The third kappa shape index (κ3) is 2.63. The van der Waals surface area contributed by atoms with E-state index in [1.165, 1.54) is 30.6 Å². The fourth-order valence-electron chi connectivity index (χ4n) is 2.98. The van der Waals surface area contributed by atoms with Crippen molar-refractivity contribution in [3.8, 4) is 0 Å². The molecule has 3 rings (SSSR count). The quantitative estimate of drug-likeness (QED) is 0.827. The van der Waals surface area contributed by atoms with Crippen LogP contribution in [0.4, 0.5) is 0 Å². The van der Waals surface area contributed by atoms with E-state index >= 15 is 0 Å². The number of aryl methyl sites for hydroxylation is 1. The van der Waals surface area contributed by atoms with Gasteiger partial charge < -0.3 is 9.47 Å². The van der Waals surface area contributed by atoms with E-state index in [0.717, 1.165) is 35.5 Å². The number of hydrogen-bond acceptors (Lipinski definition) is 2. The highest BCUT2D eigenvalue weighted by Crippen LogP contribution is 2.24. The molecule has 20 heavy (non-hydrogen) atoms. The third-order valence-corrected chi connectivity index (χ3v) is 4.98. The molecule has 0 bridgehead atoms. The van der Waals surface area contributed by atoms with Crippen molar-refractivity contribution in [1.29, 1.82) is 0 Å². The van der Waals surface area contributed by atoms with E-state index in [4.69, 9.17) is 4.98 Å². The summed E-state index contributed by atoms with van der Waals surface area (Å²) in [4.78, 5) is 7.31. The van der Waals surface area contributed by atoms with Crippen molar-refractivity contribution >= 4 is 27.0 Å². The van der Waals surface area contributed by atoms with Gasteiger partial charge in [0, 0.05) is 30.0 Å². The molecule has 1 aliphatic rings. The molecule has 1 aromatic heterocycles. The maximum absolute atomic E-state index is 4.82. The molecule has 0 saturated heterocycles. The summed E-state index contributed by atoms with van der Waals surface area (Å²) in [7, 11) is 2.25. The summed E-state index contributed by atoms with van der Waals surface area (Å²) in [5.41, 5.74) is 2.35. The predicted octanol–water partition coefficient (Wildman–Crippen LogP) is 3.85. The van der Waals surface area contributed by atoms with Gasteiger partial charge >= 0.3 is 0 Å². The minimum atomic E-state index is 0.809. The molecule has 1 fully saturated rings. The summed E-state index contributed by atoms with van der Waals surface area (Å²) in [5, 5.41) is 0. The normalized spacial score (nSPS) is 16.0. The van der Waals surface area contributed by atoms with Crippen LogP contribution in [0, 0.1) is 0 Å². The van der Waals surface area contributed by atoms with Gasteiger partial charge in [-0.15, -0.1) is 0 Å². The van der Waals surface area contributed by atoms with E-state index in [1.807, 2.05) is 0 Å². The Hall–Kier alpha value is -0.870. The largest absolute Gasteiger partial charge is 0.328 e. The Balaban J connectivity index is 1.79. The molecule has 1 aliphatic carbocycles. The topological polar surface area (TPSA) is 21.1 Å². The Bertz CT molecular complexity index is 601. The minimum absolute atomic E-state index is 0.809. The lowest BCUT2D eigenvalue weighted by molar-refractivity contribution is 0.160. The summed E-state index contributed by atoms with van der Waals surface area (Å²) in [6.45, 7) is 4.28. The van der Waals surface area contributed by atoms with Crippen LogP contribution >= 0.6 is 15.9 Å². The van der Waals surface area contributed by atoms with E-state index in [9.17, 15) is 0 Å². The second-order valence-electron chi connectivity index (χ2n) is 5.72. The van der Waals surface area contributed by atoms with E-state index in [-0.39, 0.29) is 0 Å². The second kappa shape index (κ2) is 5.86. The predicted molar refractivity (Wildman–Crippen MR) is 87.1 cm³/mol. The van der Waals surface area contributed by atoms with E-state index in [2.05, 4.69) is 57.6 Å². The molecule has 4 heteroatoms. The molecule has 0 N–H and O–H groups in total. The van der Waals surface area contributed by atoms with Gasteiger partial charge in [-0.3, -0.25) is 0 Å². The zero-order valence-electron chi connectivity index (χ0n) is 12.3. The van der Waals surface area contributed by atoms with Crippen LogP contribution in [0.3, 0.4) is 0 Å². The first-order valence-corrected chi connectivity index (χ1v) is 8.33. The van der Waals surface area contributed by atoms with Crippen LogP contribution in [0.15, 0.2) is 22.7 Å². The summed E-state index contributed by atoms with van der Waals surface area (Å²) in [6.07, 6.45) is 5.17. The Labute approximate surface area is 129 Å². The van der Waals surface area contributed by atoms with Gasteiger partial charge in [0.15, 0.2) is 0 Å². The Morgan fingerprint density at radius 2 is 2.20 bits per heavy atom. The number of benzene rings is 1.